The van der Waals surface area contributed by atoms with Crippen molar-refractivity contribution < 1.29 is 14.3 Å². The van der Waals surface area contributed by atoms with Gasteiger partial charge in [-0.15, -0.1) is 0 Å². The van der Waals surface area contributed by atoms with Gasteiger partial charge in [-0.2, -0.15) is 5.26 Å². The summed E-state index contributed by atoms with van der Waals surface area (Å²) in [5.41, 5.74) is 3.92. The summed E-state index contributed by atoms with van der Waals surface area (Å²) in [6.45, 7) is 1.82. The number of nitrogens with one attached hydrogen (secondary N) is 1. The predicted octanol–water partition coefficient (Wildman–Crippen LogP) is 5.74. The van der Waals surface area contributed by atoms with E-state index in [-0.39, 0.29) is 12.5 Å². The van der Waals surface area contributed by atoms with E-state index in [0.29, 0.717) is 27.8 Å². The zero-order valence-electron chi connectivity index (χ0n) is 17.2. The maximum absolute atomic E-state index is 12.1. The molecule has 0 unspecified atom stereocenters. The van der Waals surface area contributed by atoms with Crippen LogP contribution >= 0.6 is 11.6 Å². The third-order valence-corrected chi connectivity index (χ3v) is 4.72. The smallest absolute Gasteiger partial charge is 0.262 e. The summed E-state index contributed by atoms with van der Waals surface area (Å²) < 4.78 is 11.0. The topological polar surface area (TPSA) is 71.3 Å². The van der Waals surface area contributed by atoms with E-state index in [4.69, 9.17) is 21.1 Å². The van der Waals surface area contributed by atoms with Gasteiger partial charge < -0.3 is 14.8 Å². The number of halogens is 1. The minimum Gasteiger partial charge on any atom is -0.493 e. The number of benzene rings is 3. The highest BCUT2D eigenvalue weighted by Crippen LogP contribution is 2.30. The number of hydrogen-bond acceptors (Lipinski definition) is 4. The van der Waals surface area contributed by atoms with Gasteiger partial charge in [-0.3, -0.25) is 4.79 Å². The molecule has 3 aromatic carbocycles. The first kappa shape index (κ1) is 21.9. The molecule has 0 aliphatic heterocycles. The molecule has 0 aliphatic rings. The predicted molar refractivity (Wildman–Crippen MR) is 123 cm³/mol. The van der Waals surface area contributed by atoms with Crippen LogP contribution in [0.4, 0.5) is 5.69 Å². The van der Waals surface area contributed by atoms with Crippen LogP contribution in [0.3, 0.4) is 0 Å². The number of aryl methyl sites for hydroxylation is 1. The molecule has 1 N–H and O–H groups in total. The second kappa shape index (κ2) is 10.3. The number of carbonyl (C=O) groups is 1. The first-order valence-corrected chi connectivity index (χ1v) is 9.91. The van der Waals surface area contributed by atoms with E-state index in [1.807, 2.05) is 31.2 Å². The molecule has 0 atom stereocenters. The Morgan fingerprint density at radius 2 is 1.77 bits per heavy atom. The van der Waals surface area contributed by atoms with Gasteiger partial charge in [-0.05, 0) is 60.5 Å². The van der Waals surface area contributed by atoms with Gasteiger partial charge in [0.1, 0.15) is 0 Å². The van der Waals surface area contributed by atoms with Crippen LogP contribution < -0.4 is 14.8 Å². The molecule has 31 heavy (non-hydrogen) atoms. The van der Waals surface area contributed by atoms with E-state index in [0.717, 1.165) is 16.7 Å². The maximum Gasteiger partial charge on any atom is 0.262 e. The first-order chi connectivity index (χ1) is 15.0. The summed E-state index contributed by atoms with van der Waals surface area (Å²) in [5, 5.41) is 12.9. The molecule has 0 spiro atoms. The van der Waals surface area contributed by atoms with Gasteiger partial charge >= 0.3 is 0 Å². The standard InChI is InChI=1S/C25H21ClN2O3/c1-17-3-6-19(7-4-17)20(15-27)13-18-5-12-23(24(14-18)30-2)31-16-25(29)28-22-10-8-21(26)9-11-22/h3-14H,16H2,1-2H3,(H,28,29)/b20-13+. The molecule has 0 saturated carbocycles. The minimum absolute atomic E-state index is 0.180. The van der Waals surface area contributed by atoms with E-state index in [1.165, 1.54) is 7.11 Å². The van der Waals surface area contributed by atoms with Gasteiger partial charge in [0.15, 0.2) is 18.1 Å². The van der Waals surface area contributed by atoms with Crippen molar-refractivity contribution in [3.05, 3.63) is 88.4 Å². The van der Waals surface area contributed by atoms with Crippen LogP contribution in [0.1, 0.15) is 16.7 Å². The number of carbonyl (C=O) groups excluding carboxylic acids is 1. The Kier molecular flexibility index (Phi) is 7.31. The highest BCUT2D eigenvalue weighted by molar-refractivity contribution is 6.30. The van der Waals surface area contributed by atoms with Crippen LogP contribution in [0.15, 0.2) is 66.7 Å². The third kappa shape index (κ3) is 6.11. The lowest BCUT2D eigenvalue weighted by molar-refractivity contribution is -0.118. The molecule has 6 heteroatoms. The molecule has 0 saturated heterocycles. The molecule has 0 aromatic heterocycles. The Bertz CT molecular complexity index is 1130. The first-order valence-electron chi connectivity index (χ1n) is 9.53. The Morgan fingerprint density at radius 1 is 1.06 bits per heavy atom. The molecule has 0 aliphatic carbocycles. The highest BCUT2D eigenvalue weighted by atomic mass is 35.5. The fourth-order valence-corrected chi connectivity index (χ4v) is 2.97. The zero-order valence-corrected chi connectivity index (χ0v) is 17.9. The molecule has 0 bridgehead atoms. The SMILES string of the molecule is COc1cc(/C=C(\C#N)c2ccc(C)cc2)ccc1OCC(=O)Nc1ccc(Cl)cc1. The lowest BCUT2D eigenvalue weighted by Crippen LogP contribution is -2.20. The van der Waals surface area contributed by atoms with Crippen LogP contribution in [0, 0.1) is 18.3 Å². The normalized spacial score (nSPS) is 10.8. The minimum atomic E-state index is -0.306. The Labute approximate surface area is 186 Å². The average molecular weight is 433 g/mol. The van der Waals surface area contributed by atoms with Crippen molar-refractivity contribution in [1.82, 2.24) is 0 Å². The molecule has 5 nitrogen and oxygen atoms in total. The summed E-state index contributed by atoms with van der Waals surface area (Å²) in [4.78, 5) is 12.1. The monoisotopic (exact) mass is 432 g/mol. The third-order valence-electron chi connectivity index (χ3n) is 4.47. The Morgan fingerprint density at radius 3 is 2.42 bits per heavy atom. The molecular weight excluding hydrogens is 412 g/mol. The van der Waals surface area contributed by atoms with E-state index >= 15 is 0 Å². The van der Waals surface area contributed by atoms with Crippen LogP contribution in [-0.4, -0.2) is 19.6 Å². The van der Waals surface area contributed by atoms with E-state index < -0.39 is 0 Å². The lowest BCUT2D eigenvalue weighted by atomic mass is 10.0. The van der Waals surface area contributed by atoms with Gasteiger partial charge in [-0.1, -0.05) is 47.5 Å². The number of nitrogens with zero attached hydrogens (tertiary/aromatic N) is 1. The van der Waals surface area contributed by atoms with Crippen LogP contribution in [0.2, 0.25) is 5.02 Å². The number of hydrogen-bond donors (Lipinski definition) is 1. The molecule has 3 aromatic rings. The summed E-state index contributed by atoms with van der Waals surface area (Å²) in [7, 11) is 1.52. The number of ether oxygens (including phenoxy) is 2. The van der Waals surface area contributed by atoms with Gasteiger partial charge in [0.2, 0.25) is 0 Å². The number of methoxy groups -OCH3 is 1. The Balaban J connectivity index is 1.70. The van der Waals surface area contributed by atoms with Crippen molar-refractivity contribution in [1.29, 1.82) is 5.26 Å². The molecule has 3 rings (SSSR count). The Hall–Kier alpha value is -3.75. The van der Waals surface area contributed by atoms with Crippen LogP contribution in [-0.2, 0) is 4.79 Å². The number of nitriles is 1. The van der Waals surface area contributed by atoms with E-state index in [2.05, 4.69) is 11.4 Å². The largest absolute Gasteiger partial charge is 0.493 e. The van der Waals surface area contributed by atoms with Gasteiger partial charge in [0, 0.05) is 10.7 Å². The average Bonchev–Trinajstić information content (AvgIpc) is 2.78. The zero-order chi connectivity index (χ0) is 22.2. The van der Waals surface area contributed by atoms with Crippen molar-refractivity contribution in [2.75, 3.05) is 19.0 Å². The van der Waals surface area contributed by atoms with Gasteiger partial charge in [0.05, 0.1) is 18.8 Å². The summed E-state index contributed by atoms with van der Waals surface area (Å²) in [5.74, 6) is 0.591. The van der Waals surface area contributed by atoms with Crippen molar-refractivity contribution in [2.24, 2.45) is 0 Å². The fraction of sp³-hybridized carbons (Fsp3) is 0.120. The second-order valence-corrected chi connectivity index (χ2v) is 7.23. The fourth-order valence-electron chi connectivity index (χ4n) is 2.85. The summed E-state index contributed by atoms with van der Waals surface area (Å²) in [6, 6.07) is 22.1. The number of amides is 1. The lowest BCUT2D eigenvalue weighted by Gasteiger charge is -2.12. The van der Waals surface area contributed by atoms with Crippen LogP contribution in [0.25, 0.3) is 11.6 Å². The molecule has 0 fully saturated rings. The van der Waals surface area contributed by atoms with E-state index in [9.17, 15) is 10.1 Å². The number of allylic oxidation sites excluding steroid dienone is 1. The second-order valence-electron chi connectivity index (χ2n) is 6.79. The van der Waals surface area contributed by atoms with Crippen molar-refractivity contribution in [3.63, 3.8) is 0 Å². The van der Waals surface area contributed by atoms with Crippen molar-refractivity contribution in [3.8, 4) is 17.6 Å². The maximum atomic E-state index is 12.1. The number of anilines is 1. The highest BCUT2D eigenvalue weighted by Gasteiger charge is 2.10. The van der Waals surface area contributed by atoms with Crippen molar-refractivity contribution >= 4 is 34.8 Å². The molecule has 1 amide bonds. The van der Waals surface area contributed by atoms with Crippen molar-refractivity contribution in [2.45, 2.75) is 6.92 Å². The molecule has 0 radical (unpaired) electrons. The van der Waals surface area contributed by atoms with Gasteiger partial charge in [-0.25, -0.2) is 0 Å². The quantitative estimate of drug-likeness (QED) is 0.381. The van der Waals surface area contributed by atoms with Crippen LogP contribution in [0.5, 0.6) is 11.5 Å². The number of rotatable bonds is 7. The van der Waals surface area contributed by atoms with Gasteiger partial charge in [0.25, 0.3) is 5.91 Å². The summed E-state index contributed by atoms with van der Waals surface area (Å²) in [6.07, 6.45) is 1.78. The molecular formula is C25H21ClN2O3. The van der Waals surface area contributed by atoms with E-state index in [1.54, 1.807) is 48.5 Å². The molecule has 0 heterocycles. The summed E-state index contributed by atoms with van der Waals surface area (Å²) >= 11 is 5.84. The molecule has 156 valence electrons.